The van der Waals surface area contributed by atoms with Gasteiger partial charge in [-0.15, -0.1) is 0 Å². The molecule has 2 aromatic rings. The molecule has 2 rings (SSSR count). The zero-order valence-corrected chi connectivity index (χ0v) is 14.6. The molecule has 0 heterocycles. The molecule has 112 valence electrons. The molecule has 2 aromatic carbocycles. The average Bonchev–Trinajstić information content (AvgIpc) is 2.49. The van der Waals surface area contributed by atoms with Crippen LogP contribution < -0.4 is 5.32 Å². The van der Waals surface area contributed by atoms with Gasteiger partial charge in [0, 0.05) is 22.0 Å². The minimum absolute atomic E-state index is 0.451. The van der Waals surface area contributed by atoms with E-state index < -0.39 is 0 Å². The van der Waals surface area contributed by atoms with Crippen LogP contribution in [0.15, 0.2) is 53.0 Å². The summed E-state index contributed by atoms with van der Waals surface area (Å²) in [6.45, 7) is 4.23. The van der Waals surface area contributed by atoms with Crippen LogP contribution in [0.4, 0.5) is 0 Å². The Labute approximate surface area is 140 Å². The van der Waals surface area contributed by atoms with Gasteiger partial charge in [-0.3, -0.25) is 0 Å². The largest absolute Gasteiger partial charge is 0.316 e. The Kier molecular flexibility index (Phi) is 6.75. The van der Waals surface area contributed by atoms with Gasteiger partial charge in [0.25, 0.3) is 0 Å². The highest BCUT2D eigenvalue weighted by Crippen LogP contribution is 2.26. The number of hydrogen-bond acceptors (Lipinski definition) is 1. The lowest BCUT2D eigenvalue weighted by Gasteiger charge is -2.19. The normalized spacial score (nSPS) is 12.3. The van der Waals surface area contributed by atoms with Gasteiger partial charge >= 0.3 is 0 Å². The summed E-state index contributed by atoms with van der Waals surface area (Å²) in [4.78, 5) is 0. The first-order valence-electron chi connectivity index (χ1n) is 7.40. The van der Waals surface area contributed by atoms with Crippen molar-refractivity contribution in [2.24, 2.45) is 0 Å². The van der Waals surface area contributed by atoms with Crippen molar-refractivity contribution < 1.29 is 0 Å². The lowest BCUT2D eigenvalue weighted by atomic mass is 9.92. The topological polar surface area (TPSA) is 12.0 Å². The van der Waals surface area contributed by atoms with E-state index in [0.29, 0.717) is 5.92 Å². The van der Waals surface area contributed by atoms with Crippen LogP contribution in [0.2, 0.25) is 5.02 Å². The summed E-state index contributed by atoms with van der Waals surface area (Å²) >= 11 is 9.65. The van der Waals surface area contributed by atoms with E-state index in [-0.39, 0.29) is 0 Å². The van der Waals surface area contributed by atoms with Gasteiger partial charge in [0.2, 0.25) is 0 Å². The smallest absolute Gasteiger partial charge is 0.0406 e. The maximum absolute atomic E-state index is 6.01. The van der Waals surface area contributed by atoms with Crippen molar-refractivity contribution in [1.29, 1.82) is 0 Å². The fraction of sp³-hybridized carbons (Fsp3) is 0.333. The lowest BCUT2D eigenvalue weighted by Crippen LogP contribution is -2.23. The Morgan fingerprint density at radius 1 is 1.10 bits per heavy atom. The summed E-state index contributed by atoms with van der Waals surface area (Å²) in [5.41, 5.74) is 2.68. The second-order valence-electron chi connectivity index (χ2n) is 5.25. The van der Waals surface area contributed by atoms with Gasteiger partial charge in [-0.25, -0.2) is 0 Å². The molecular weight excluding hydrogens is 346 g/mol. The molecular formula is C18H21BrClN. The Bertz CT molecular complexity index is 553. The molecule has 0 radical (unpaired) electrons. The summed E-state index contributed by atoms with van der Waals surface area (Å²) in [6, 6.07) is 16.7. The van der Waals surface area contributed by atoms with Crippen LogP contribution in [0.25, 0.3) is 0 Å². The highest BCUT2D eigenvalue weighted by molar-refractivity contribution is 9.10. The number of hydrogen-bond donors (Lipinski definition) is 1. The third-order valence-electron chi connectivity index (χ3n) is 3.58. The number of rotatable bonds is 7. The van der Waals surface area contributed by atoms with Gasteiger partial charge in [-0.2, -0.15) is 0 Å². The van der Waals surface area contributed by atoms with E-state index in [1.807, 2.05) is 12.1 Å². The molecule has 0 aromatic heterocycles. The van der Waals surface area contributed by atoms with E-state index in [0.717, 1.165) is 31.0 Å². The van der Waals surface area contributed by atoms with Gasteiger partial charge < -0.3 is 5.32 Å². The molecule has 0 saturated heterocycles. The van der Waals surface area contributed by atoms with E-state index in [4.69, 9.17) is 11.6 Å². The average molecular weight is 367 g/mol. The van der Waals surface area contributed by atoms with E-state index in [9.17, 15) is 0 Å². The van der Waals surface area contributed by atoms with Crippen LogP contribution in [-0.4, -0.2) is 13.1 Å². The molecule has 1 nitrogen and oxygen atoms in total. The van der Waals surface area contributed by atoms with Crippen molar-refractivity contribution in [3.63, 3.8) is 0 Å². The zero-order chi connectivity index (χ0) is 15.1. The van der Waals surface area contributed by atoms with E-state index in [2.05, 4.69) is 64.6 Å². The highest BCUT2D eigenvalue weighted by atomic mass is 79.9. The standard InChI is InChI=1S/C18H21BrClN/c1-2-11-21-13-16(14-7-9-17(20)10-8-14)12-15-5-3-4-6-18(15)19/h3-10,16,21H,2,11-13H2,1H3. The lowest BCUT2D eigenvalue weighted by molar-refractivity contribution is 0.576. The van der Waals surface area contributed by atoms with Crippen LogP contribution in [0.1, 0.15) is 30.4 Å². The van der Waals surface area contributed by atoms with Crippen molar-refractivity contribution in [2.75, 3.05) is 13.1 Å². The van der Waals surface area contributed by atoms with Crippen LogP contribution in [0.3, 0.4) is 0 Å². The van der Waals surface area contributed by atoms with E-state index in [1.54, 1.807) is 0 Å². The molecule has 0 amide bonds. The molecule has 0 aliphatic rings. The summed E-state index contributed by atoms with van der Waals surface area (Å²) in [5.74, 6) is 0.451. The summed E-state index contributed by atoms with van der Waals surface area (Å²) in [7, 11) is 0. The number of nitrogens with one attached hydrogen (secondary N) is 1. The molecule has 0 saturated carbocycles. The fourth-order valence-electron chi connectivity index (χ4n) is 2.43. The van der Waals surface area contributed by atoms with E-state index >= 15 is 0 Å². The van der Waals surface area contributed by atoms with Crippen LogP contribution >= 0.6 is 27.5 Å². The van der Waals surface area contributed by atoms with Crippen LogP contribution in [0.5, 0.6) is 0 Å². The fourth-order valence-corrected chi connectivity index (χ4v) is 3.00. The van der Waals surface area contributed by atoms with Gasteiger partial charge in [0.05, 0.1) is 0 Å². The molecule has 0 bridgehead atoms. The Morgan fingerprint density at radius 2 is 1.81 bits per heavy atom. The van der Waals surface area contributed by atoms with E-state index in [1.165, 1.54) is 15.6 Å². The molecule has 0 fully saturated rings. The monoisotopic (exact) mass is 365 g/mol. The maximum atomic E-state index is 6.01. The Hall–Kier alpha value is -0.830. The number of halogens is 2. The minimum Gasteiger partial charge on any atom is -0.316 e. The summed E-state index contributed by atoms with van der Waals surface area (Å²) < 4.78 is 1.18. The van der Waals surface area contributed by atoms with Crippen molar-refractivity contribution in [3.8, 4) is 0 Å². The number of benzene rings is 2. The zero-order valence-electron chi connectivity index (χ0n) is 12.3. The summed E-state index contributed by atoms with van der Waals surface area (Å²) in [6.07, 6.45) is 2.17. The predicted molar refractivity (Wildman–Crippen MR) is 95.2 cm³/mol. The molecule has 0 aliphatic carbocycles. The molecule has 0 spiro atoms. The van der Waals surface area contributed by atoms with Crippen LogP contribution in [-0.2, 0) is 6.42 Å². The van der Waals surface area contributed by atoms with Crippen molar-refractivity contribution in [3.05, 3.63) is 69.2 Å². The SMILES string of the molecule is CCCNCC(Cc1ccccc1Br)c1ccc(Cl)cc1. The third kappa shape index (κ3) is 5.14. The molecule has 1 atom stereocenters. The molecule has 0 aliphatic heterocycles. The minimum atomic E-state index is 0.451. The summed E-state index contributed by atoms with van der Waals surface area (Å²) in [5, 5.41) is 4.33. The molecule has 1 unspecified atom stereocenters. The van der Waals surface area contributed by atoms with Gasteiger partial charge in [-0.1, -0.05) is 64.8 Å². The molecule has 1 N–H and O–H groups in total. The first-order chi connectivity index (χ1) is 10.2. The molecule has 3 heteroatoms. The third-order valence-corrected chi connectivity index (χ3v) is 4.61. The van der Waals surface area contributed by atoms with Crippen molar-refractivity contribution >= 4 is 27.5 Å². The first kappa shape index (κ1) is 16.5. The quantitative estimate of drug-likeness (QED) is 0.644. The predicted octanol–water partition coefficient (Wildman–Crippen LogP) is 5.43. The Morgan fingerprint density at radius 3 is 2.48 bits per heavy atom. The van der Waals surface area contributed by atoms with Crippen molar-refractivity contribution in [1.82, 2.24) is 5.32 Å². The second-order valence-corrected chi connectivity index (χ2v) is 6.54. The van der Waals surface area contributed by atoms with Crippen molar-refractivity contribution in [2.45, 2.75) is 25.7 Å². The van der Waals surface area contributed by atoms with Gasteiger partial charge in [-0.05, 0) is 48.7 Å². The highest BCUT2D eigenvalue weighted by Gasteiger charge is 2.13. The van der Waals surface area contributed by atoms with Crippen LogP contribution in [0, 0.1) is 0 Å². The first-order valence-corrected chi connectivity index (χ1v) is 8.57. The molecule has 21 heavy (non-hydrogen) atoms. The van der Waals surface area contributed by atoms with Gasteiger partial charge in [0.15, 0.2) is 0 Å². The maximum Gasteiger partial charge on any atom is 0.0406 e. The van der Waals surface area contributed by atoms with Gasteiger partial charge in [0.1, 0.15) is 0 Å². The second kappa shape index (κ2) is 8.57. The Balaban J connectivity index is 2.15.